The maximum absolute atomic E-state index is 11.9. The summed E-state index contributed by atoms with van der Waals surface area (Å²) in [5.41, 5.74) is 0. The molecule has 0 amide bonds. The maximum Gasteiger partial charge on any atom is 0.178 e. The Hall–Kier alpha value is -0.250. The van der Waals surface area contributed by atoms with Gasteiger partial charge in [-0.3, -0.25) is 0 Å². The Morgan fingerprint density at radius 2 is 1.88 bits per heavy atom. The second kappa shape index (κ2) is 6.48. The van der Waals surface area contributed by atoms with Crippen LogP contribution in [0.4, 0.5) is 0 Å². The van der Waals surface area contributed by atoms with Gasteiger partial charge < -0.3 is 0 Å². The van der Waals surface area contributed by atoms with Gasteiger partial charge in [-0.1, -0.05) is 24.1 Å². The minimum Gasteiger partial charge on any atom is -0.224 e. The molecule has 0 aliphatic rings. The van der Waals surface area contributed by atoms with Crippen LogP contribution >= 0.6 is 23.2 Å². The van der Waals surface area contributed by atoms with Gasteiger partial charge in [0.05, 0.1) is 10.6 Å². The molecule has 2 nitrogen and oxygen atoms in total. The van der Waals surface area contributed by atoms with Gasteiger partial charge in [0.25, 0.3) is 0 Å². The molecule has 0 spiro atoms. The molecule has 0 aromatic heterocycles. The molecule has 0 saturated heterocycles. The van der Waals surface area contributed by atoms with Crippen LogP contribution in [0.1, 0.15) is 19.3 Å². The average molecular weight is 281 g/mol. The summed E-state index contributed by atoms with van der Waals surface area (Å²) in [4.78, 5) is 0.297. The zero-order valence-electron chi connectivity index (χ0n) is 8.83. The monoisotopic (exact) mass is 280 g/mol. The first-order valence-corrected chi connectivity index (χ1v) is 7.67. The van der Waals surface area contributed by atoms with Crippen LogP contribution < -0.4 is 0 Å². The number of hydrogen-bond donors (Lipinski definition) is 0. The average Bonchev–Trinajstić information content (AvgIpc) is 2.24. The van der Waals surface area contributed by atoms with Crippen molar-refractivity contribution < 1.29 is 8.42 Å². The molecule has 0 N–H and O–H groups in total. The molecule has 90 valence electrons. The van der Waals surface area contributed by atoms with Gasteiger partial charge in [-0.25, -0.2) is 8.42 Å². The van der Waals surface area contributed by atoms with E-state index < -0.39 is 9.84 Å². The maximum atomic E-state index is 11.9. The van der Waals surface area contributed by atoms with Crippen molar-refractivity contribution in [2.45, 2.75) is 24.2 Å². The van der Waals surface area contributed by atoms with E-state index in [9.17, 15) is 8.42 Å². The minimum absolute atomic E-state index is 0.157. The highest BCUT2D eigenvalue weighted by molar-refractivity contribution is 7.91. The second-order valence-electron chi connectivity index (χ2n) is 3.53. The van der Waals surface area contributed by atoms with Crippen molar-refractivity contribution in [1.82, 2.24) is 0 Å². The summed E-state index contributed by atoms with van der Waals surface area (Å²) in [5, 5.41) is 0.446. The van der Waals surface area contributed by atoms with Crippen LogP contribution in [0.25, 0.3) is 0 Å². The second-order valence-corrected chi connectivity index (χ2v) is 6.45. The normalized spacial score (nSPS) is 11.6. The molecule has 0 bridgehead atoms. The summed E-state index contributed by atoms with van der Waals surface area (Å²) < 4.78 is 23.7. The Morgan fingerprint density at radius 3 is 2.50 bits per heavy atom. The Labute approximate surface area is 106 Å². The van der Waals surface area contributed by atoms with Crippen molar-refractivity contribution in [2.75, 3.05) is 11.6 Å². The van der Waals surface area contributed by atoms with Gasteiger partial charge in [0.1, 0.15) is 0 Å². The van der Waals surface area contributed by atoms with E-state index in [0.29, 0.717) is 22.2 Å². The lowest BCUT2D eigenvalue weighted by atomic mass is 10.3. The standard InChI is InChI=1S/C11H14Cl2O2S/c12-7-2-1-3-8-16(14,15)11-6-4-5-10(13)9-11/h4-6,9H,1-3,7-8H2. The van der Waals surface area contributed by atoms with E-state index in [1.165, 1.54) is 6.07 Å². The molecule has 0 aliphatic heterocycles. The predicted molar refractivity (Wildman–Crippen MR) is 68.1 cm³/mol. The quantitative estimate of drug-likeness (QED) is 0.590. The number of benzene rings is 1. The molecule has 0 aliphatic carbocycles. The summed E-state index contributed by atoms with van der Waals surface area (Å²) >= 11 is 11.3. The van der Waals surface area contributed by atoms with E-state index in [4.69, 9.17) is 23.2 Å². The van der Waals surface area contributed by atoms with Crippen LogP contribution in [0.3, 0.4) is 0 Å². The zero-order valence-corrected chi connectivity index (χ0v) is 11.2. The molecule has 0 radical (unpaired) electrons. The highest BCUT2D eigenvalue weighted by Crippen LogP contribution is 2.17. The Balaban J connectivity index is 2.64. The van der Waals surface area contributed by atoms with Gasteiger partial charge in [-0.2, -0.15) is 0 Å². The first kappa shape index (κ1) is 13.8. The minimum atomic E-state index is -3.19. The largest absolute Gasteiger partial charge is 0.224 e. The van der Waals surface area contributed by atoms with E-state index in [1.54, 1.807) is 18.2 Å². The van der Waals surface area contributed by atoms with Gasteiger partial charge >= 0.3 is 0 Å². The molecular formula is C11H14Cl2O2S. The van der Waals surface area contributed by atoms with Gasteiger partial charge in [-0.05, 0) is 31.0 Å². The van der Waals surface area contributed by atoms with Crippen molar-refractivity contribution in [3.63, 3.8) is 0 Å². The molecule has 1 rings (SSSR count). The number of hydrogen-bond acceptors (Lipinski definition) is 2. The molecule has 0 fully saturated rings. The van der Waals surface area contributed by atoms with E-state index >= 15 is 0 Å². The van der Waals surface area contributed by atoms with E-state index in [0.717, 1.165) is 12.8 Å². The predicted octanol–water partition coefficient (Wildman–Crippen LogP) is 3.52. The van der Waals surface area contributed by atoms with Gasteiger partial charge in [0.2, 0.25) is 0 Å². The van der Waals surface area contributed by atoms with E-state index in [1.807, 2.05) is 0 Å². The smallest absolute Gasteiger partial charge is 0.178 e. The van der Waals surface area contributed by atoms with Crippen molar-refractivity contribution in [2.24, 2.45) is 0 Å². The third kappa shape index (κ3) is 4.32. The number of rotatable bonds is 6. The van der Waals surface area contributed by atoms with E-state index in [-0.39, 0.29) is 5.75 Å². The Morgan fingerprint density at radius 1 is 1.12 bits per heavy atom. The fourth-order valence-electron chi connectivity index (χ4n) is 1.34. The van der Waals surface area contributed by atoms with Crippen LogP contribution in [0.2, 0.25) is 5.02 Å². The molecule has 0 saturated carbocycles. The highest BCUT2D eigenvalue weighted by Gasteiger charge is 2.13. The van der Waals surface area contributed by atoms with Crippen LogP contribution in [0, 0.1) is 0 Å². The topological polar surface area (TPSA) is 34.1 Å². The van der Waals surface area contributed by atoms with Crippen molar-refractivity contribution in [3.8, 4) is 0 Å². The SMILES string of the molecule is O=S(=O)(CCCCCCl)c1cccc(Cl)c1. The zero-order chi connectivity index (χ0) is 12.0. The van der Waals surface area contributed by atoms with Crippen molar-refractivity contribution in [1.29, 1.82) is 0 Å². The number of unbranched alkanes of at least 4 members (excludes halogenated alkanes) is 2. The summed E-state index contributed by atoms with van der Waals surface area (Å²) in [6.45, 7) is 0. The lowest BCUT2D eigenvalue weighted by Crippen LogP contribution is -2.06. The summed E-state index contributed by atoms with van der Waals surface area (Å²) in [5.74, 6) is 0.738. The van der Waals surface area contributed by atoms with Crippen LogP contribution in [-0.2, 0) is 9.84 Å². The lowest BCUT2D eigenvalue weighted by molar-refractivity contribution is 0.591. The Bertz CT molecular complexity index is 429. The van der Waals surface area contributed by atoms with E-state index in [2.05, 4.69) is 0 Å². The Kier molecular flexibility index (Phi) is 5.59. The van der Waals surface area contributed by atoms with Crippen LogP contribution in [0.15, 0.2) is 29.2 Å². The third-order valence-electron chi connectivity index (χ3n) is 2.20. The summed E-state index contributed by atoms with van der Waals surface area (Å²) in [6, 6.07) is 6.36. The van der Waals surface area contributed by atoms with Crippen LogP contribution in [-0.4, -0.2) is 20.1 Å². The first-order chi connectivity index (χ1) is 7.56. The third-order valence-corrected chi connectivity index (χ3v) is 4.50. The molecule has 0 heterocycles. The number of alkyl halides is 1. The molecule has 0 atom stereocenters. The lowest BCUT2D eigenvalue weighted by Gasteiger charge is -2.04. The fourth-order valence-corrected chi connectivity index (χ4v) is 3.20. The molecule has 5 heteroatoms. The fraction of sp³-hybridized carbons (Fsp3) is 0.455. The van der Waals surface area contributed by atoms with Crippen molar-refractivity contribution >= 4 is 33.0 Å². The molecule has 1 aromatic carbocycles. The summed E-state index contributed by atoms with van der Waals surface area (Å²) in [7, 11) is -3.19. The first-order valence-electron chi connectivity index (χ1n) is 5.10. The van der Waals surface area contributed by atoms with Crippen molar-refractivity contribution in [3.05, 3.63) is 29.3 Å². The number of halogens is 2. The van der Waals surface area contributed by atoms with Gasteiger partial charge in [0.15, 0.2) is 9.84 Å². The van der Waals surface area contributed by atoms with Crippen LogP contribution in [0.5, 0.6) is 0 Å². The van der Waals surface area contributed by atoms with Gasteiger partial charge in [0, 0.05) is 10.9 Å². The van der Waals surface area contributed by atoms with Gasteiger partial charge in [-0.15, -0.1) is 11.6 Å². The highest BCUT2D eigenvalue weighted by atomic mass is 35.5. The number of sulfone groups is 1. The molecular weight excluding hydrogens is 267 g/mol. The molecule has 1 aromatic rings. The molecule has 0 unspecified atom stereocenters. The summed E-state index contributed by atoms with van der Waals surface area (Å²) in [6.07, 6.45) is 2.33. The molecule has 16 heavy (non-hydrogen) atoms.